The summed E-state index contributed by atoms with van der Waals surface area (Å²) in [7, 11) is 0. The van der Waals surface area contributed by atoms with Crippen LogP contribution in [0.5, 0.6) is 0 Å². The number of furan rings is 1. The number of nitrogens with zero attached hydrogens (tertiary/aromatic N) is 2. The van der Waals surface area contributed by atoms with Gasteiger partial charge in [-0.25, -0.2) is 9.37 Å². The molecule has 1 aromatic carbocycles. The molecule has 0 atom stereocenters. The minimum atomic E-state index is -0.428. The Morgan fingerprint density at radius 1 is 1.31 bits per heavy atom. The summed E-state index contributed by atoms with van der Waals surface area (Å²) in [4.78, 5) is 31.5. The van der Waals surface area contributed by atoms with Crippen molar-refractivity contribution in [3.63, 3.8) is 0 Å². The zero-order valence-corrected chi connectivity index (χ0v) is 17.0. The first-order valence-electron chi connectivity index (χ1n) is 8.71. The molecule has 0 saturated carbocycles. The van der Waals surface area contributed by atoms with Crippen LogP contribution >= 0.6 is 23.1 Å². The van der Waals surface area contributed by atoms with Crippen molar-refractivity contribution in [2.24, 2.45) is 0 Å². The highest BCUT2D eigenvalue weighted by Gasteiger charge is 2.16. The number of nitrogens with one attached hydrogen (secondary N) is 1. The predicted octanol–water partition coefficient (Wildman–Crippen LogP) is 4.28. The normalized spacial score (nSPS) is 11.1. The number of halogens is 1. The number of rotatable bonds is 6. The number of aryl methyl sites for hydroxylation is 1. The van der Waals surface area contributed by atoms with Crippen molar-refractivity contribution in [1.29, 1.82) is 0 Å². The third kappa shape index (κ3) is 4.41. The standard InChI is InChI=1S/C20H16FN3O3S2/c1-12-8-16-18(29-12)23-20(24(19(16)26)10-15-6-3-7-27-15)28-11-17(25)22-14-5-2-4-13(21)9-14/h2-9H,10-11H2,1H3,(H,22,25). The van der Waals surface area contributed by atoms with Crippen molar-refractivity contribution in [1.82, 2.24) is 9.55 Å². The minimum absolute atomic E-state index is 0.0248. The van der Waals surface area contributed by atoms with Crippen molar-refractivity contribution in [3.05, 3.63) is 75.5 Å². The predicted molar refractivity (Wildman–Crippen MR) is 112 cm³/mol. The first-order valence-corrected chi connectivity index (χ1v) is 10.5. The summed E-state index contributed by atoms with van der Waals surface area (Å²) in [5.41, 5.74) is 0.199. The quantitative estimate of drug-likeness (QED) is 0.366. The monoisotopic (exact) mass is 429 g/mol. The van der Waals surface area contributed by atoms with Gasteiger partial charge in [-0.05, 0) is 43.3 Å². The third-order valence-electron chi connectivity index (χ3n) is 4.07. The van der Waals surface area contributed by atoms with Gasteiger partial charge in [0.15, 0.2) is 5.16 Å². The number of thiophene rings is 1. The van der Waals surface area contributed by atoms with Gasteiger partial charge in [0.05, 0.1) is 23.9 Å². The summed E-state index contributed by atoms with van der Waals surface area (Å²) in [6, 6.07) is 11.0. The van der Waals surface area contributed by atoms with E-state index in [-0.39, 0.29) is 23.8 Å². The van der Waals surface area contributed by atoms with E-state index in [9.17, 15) is 14.0 Å². The van der Waals surface area contributed by atoms with Gasteiger partial charge >= 0.3 is 0 Å². The first kappa shape index (κ1) is 19.4. The zero-order valence-electron chi connectivity index (χ0n) is 15.3. The molecule has 6 nitrogen and oxygen atoms in total. The second-order valence-electron chi connectivity index (χ2n) is 6.29. The van der Waals surface area contributed by atoms with Crippen LogP contribution in [0.3, 0.4) is 0 Å². The fraction of sp³-hybridized carbons (Fsp3) is 0.150. The average Bonchev–Trinajstić information content (AvgIpc) is 3.32. The SMILES string of the molecule is Cc1cc2c(=O)n(Cc3ccco3)c(SCC(=O)Nc3cccc(F)c3)nc2s1. The number of carbonyl (C=O) groups excluding carboxylic acids is 1. The smallest absolute Gasteiger partial charge is 0.263 e. The van der Waals surface area contributed by atoms with Crippen LogP contribution in [0, 0.1) is 12.7 Å². The van der Waals surface area contributed by atoms with Crippen molar-refractivity contribution in [2.75, 3.05) is 11.1 Å². The Balaban J connectivity index is 1.59. The van der Waals surface area contributed by atoms with Crippen LogP contribution in [-0.2, 0) is 11.3 Å². The second kappa shape index (κ2) is 8.22. The van der Waals surface area contributed by atoms with E-state index in [1.165, 1.54) is 34.1 Å². The summed E-state index contributed by atoms with van der Waals surface area (Å²) in [6.45, 7) is 2.14. The summed E-state index contributed by atoms with van der Waals surface area (Å²) < 4.78 is 20.2. The second-order valence-corrected chi connectivity index (χ2v) is 8.47. The van der Waals surface area contributed by atoms with Gasteiger partial charge in [0.2, 0.25) is 5.91 Å². The average molecular weight is 429 g/mol. The van der Waals surface area contributed by atoms with Gasteiger partial charge in [0.25, 0.3) is 5.56 Å². The number of amides is 1. The van der Waals surface area contributed by atoms with Gasteiger partial charge in [-0.1, -0.05) is 17.8 Å². The number of hydrogen-bond acceptors (Lipinski definition) is 6. The molecule has 3 heterocycles. The number of benzene rings is 1. The summed E-state index contributed by atoms with van der Waals surface area (Å²) in [5, 5.41) is 3.62. The highest BCUT2D eigenvalue weighted by Crippen LogP contribution is 2.25. The van der Waals surface area contributed by atoms with E-state index in [1.807, 2.05) is 13.0 Å². The molecule has 0 radical (unpaired) electrons. The molecule has 0 aliphatic rings. The lowest BCUT2D eigenvalue weighted by molar-refractivity contribution is -0.113. The van der Waals surface area contributed by atoms with E-state index in [2.05, 4.69) is 10.3 Å². The zero-order chi connectivity index (χ0) is 20.4. The minimum Gasteiger partial charge on any atom is -0.467 e. The lowest BCUT2D eigenvalue weighted by Crippen LogP contribution is -2.24. The molecule has 1 N–H and O–H groups in total. The molecule has 148 valence electrons. The van der Waals surface area contributed by atoms with Gasteiger partial charge in [-0.15, -0.1) is 11.3 Å². The summed E-state index contributed by atoms with van der Waals surface area (Å²) >= 11 is 2.58. The van der Waals surface area contributed by atoms with E-state index < -0.39 is 5.82 Å². The summed E-state index contributed by atoms with van der Waals surface area (Å²) in [6.07, 6.45) is 1.54. The van der Waals surface area contributed by atoms with Crippen LogP contribution in [0.1, 0.15) is 10.6 Å². The number of hydrogen-bond donors (Lipinski definition) is 1. The van der Waals surface area contributed by atoms with Crippen molar-refractivity contribution >= 4 is 44.9 Å². The van der Waals surface area contributed by atoms with E-state index in [0.29, 0.717) is 26.8 Å². The molecule has 1 amide bonds. The van der Waals surface area contributed by atoms with Gasteiger partial charge in [0, 0.05) is 10.6 Å². The van der Waals surface area contributed by atoms with Crippen LogP contribution in [0.4, 0.5) is 10.1 Å². The van der Waals surface area contributed by atoms with Crippen LogP contribution in [0.2, 0.25) is 0 Å². The molecule has 0 fully saturated rings. The van der Waals surface area contributed by atoms with Gasteiger partial charge in [0.1, 0.15) is 16.4 Å². The molecule has 0 unspecified atom stereocenters. The lowest BCUT2D eigenvalue weighted by Gasteiger charge is -2.11. The van der Waals surface area contributed by atoms with Gasteiger partial charge in [-0.2, -0.15) is 0 Å². The van der Waals surface area contributed by atoms with E-state index in [4.69, 9.17) is 4.42 Å². The van der Waals surface area contributed by atoms with Crippen LogP contribution in [-0.4, -0.2) is 21.2 Å². The molecule has 9 heteroatoms. The number of anilines is 1. The lowest BCUT2D eigenvalue weighted by atomic mass is 10.3. The van der Waals surface area contributed by atoms with Crippen molar-refractivity contribution < 1.29 is 13.6 Å². The highest BCUT2D eigenvalue weighted by atomic mass is 32.2. The molecular formula is C20H16FN3O3S2. The Labute approximate surface area is 173 Å². The molecule has 0 aliphatic carbocycles. The molecule has 3 aromatic heterocycles. The molecule has 0 spiro atoms. The highest BCUT2D eigenvalue weighted by molar-refractivity contribution is 7.99. The molecule has 4 rings (SSSR count). The number of fused-ring (bicyclic) bond motifs is 1. The van der Waals surface area contributed by atoms with Gasteiger partial charge in [-0.3, -0.25) is 14.2 Å². The van der Waals surface area contributed by atoms with Crippen LogP contribution < -0.4 is 10.9 Å². The molecular weight excluding hydrogens is 413 g/mol. The van der Waals surface area contributed by atoms with Crippen LogP contribution in [0.25, 0.3) is 10.2 Å². The maximum absolute atomic E-state index is 13.3. The van der Waals surface area contributed by atoms with Crippen molar-refractivity contribution in [3.8, 4) is 0 Å². The topological polar surface area (TPSA) is 77.1 Å². The Bertz CT molecular complexity index is 1230. The van der Waals surface area contributed by atoms with Crippen LogP contribution in [0.15, 0.2) is 63.1 Å². The molecule has 0 bridgehead atoms. The van der Waals surface area contributed by atoms with Gasteiger partial charge < -0.3 is 9.73 Å². The molecule has 4 aromatic rings. The fourth-order valence-electron chi connectivity index (χ4n) is 2.82. The Morgan fingerprint density at radius 3 is 2.93 bits per heavy atom. The molecule has 0 saturated heterocycles. The maximum atomic E-state index is 13.3. The Kier molecular flexibility index (Phi) is 5.50. The molecule has 29 heavy (non-hydrogen) atoms. The van der Waals surface area contributed by atoms with E-state index >= 15 is 0 Å². The fourth-order valence-corrected chi connectivity index (χ4v) is 4.54. The first-order chi connectivity index (χ1) is 14.0. The van der Waals surface area contributed by atoms with E-state index in [1.54, 1.807) is 24.5 Å². The van der Waals surface area contributed by atoms with Crippen molar-refractivity contribution in [2.45, 2.75) is 18.6 Å². The summed E-state index contributed by atoms with van der Waals surface area (Å²) in [5.74, 6) is -0.104. The number of aromatic nitrogens is 2. The Morgan fingerprint density at radius 2 is 2.17 bits per heavy atom. The third-order valence-corrected chi connectivity index (χ3v) is 5.99. The largest absolute Gasteiger partial charge is 0.467 e. The number of carbonyl (C=O) groups is 1. The molecule has 0 aliphatic heterocycles. The van der Waals surface area contributed by atoms with E-state index in [0.717, 1.165) is 16.6 Å². The number of thioether (sulfide) groups is 1. The Hall–Kier alpha value is -2.91. The maximum Gasteiger partial charge on any atom is 0.263 e.